The zero-order valence-electron chi connectivity index (χ0n) is 17.0. The third-order valence-electron chi connectivity index (χ3n) is 4.36. The van der Waals surface area contributed by atoms with Crippen LogP contribution in [-0.2, 0) is 30.4 Å². The summed E-state index contributed by atoms with van der Waals surface area (Å²) >= 11 is 0. The lowest BCUT2D eigenvalue weighted by Crippen LogP contribution is -2.19. The number of anilines is 2. The maximum atomic E-state index is 12.0. The number of fused-ring (bicyclic) bond motifs is 1. The quantitative estimate of drug-likeness (QED) is 0.148. The molecular formula is C17H15N5O10S3. The van der Waals surface area contributed by atoms with Gasteiger partial charge in [-0.05, 0) is 47.9 Å². The number of nitrogen functional groups attached to an aromatic ring is 1. The molecule has 18 heteroatoms. The standard InChI is InChI=1S/C17H15N5O10S3/c18-9-1-2-12(13(5-9)20-17(19)23)21-22-14-6-10(33(24,25)26)3-8-4-11(34(27,28)29)7-15(16(8)14)35(30,31)32/h1-7H,18H2,(H3,19,20,23)(H,24,25,26)(H,27,28,29)(H,30,31,32). The maximum Gasteiger partial charge on any atom is 0.316 e. The molecule has 186 valence electrons. The Morgan fingerprint density at radius 2 is 1.31 bits per heavy atom. The van der Waals surface area contributed by atoms with Crippen molar-refractivity contribution in [1.82, 2.24) is 0 Å². The van der Waals surface area contributed by atoms with Crippen molar-refractivity contribution < 1.29 is 43.7 Å². The summed E-state index contributed by atoms with van der Waals surface area (Å²) < 4.78 is 99.2. The second-order valence-corrected chi connectivity index (χ2v) is 11.1. The van der Waals surface area contributed by atoms with E-state index in [2.05, 4.69) is 15.5 Å². The molecule has 0 unspecified atom stereocenters. The molecule has 0 atom stereocenters. The Morgan fingerprint density at radius 1 is 0.771 bits per heavy atom. The first-order valence-corrected chi connectivity index (χ1v) is 13.2. The second kappa shape index (κ2) is 8.83. The number of benzene rings is 3. The van der Waals surface area contributed by atoms with Gasteiger partial charge in [0.25, 0.3) is 30.4 Å². The second-order valence-electron chi connectivity index (χ2n) is 6.85. The van der Waals surface area contributed by atoms with Gasteiger partial charge in [0.2, 0.25) is 0 Å². The Hall–Kier alpha value is -3.68. The predicted molar refractivity (Wildman–Crippen MR) is 122 cm³/mol. The Morgan fingerprint density at radius 3 is 1.83 bits per heavy atom. The van der Waals surface area contributed by atoms with Crippen LogP contribution in [0.4, 0.5) is 27.5 Å². The molecule has 15 nitrogen and oxygen atoms in total. The van der Waals surface area contributed by atoms with Crippen molar-refractivity contribution in [3.05, 3.63) is 42.5 Å². The number of hydrogen-bond acceptors (Lipinski definition) is 10. The molecule has 0 spiro atoms. The molecular weight excluding hydrogens is 530 g/mol. The number of rotatable bonds is 6. The minimum atomic E-state index is -5.17. The molecule has 2 amide bonds. The van der Waals surface area contributed by atoms with Gasteiger partial charge in [0.1, 0.15) is 10.6 Å². The van der Waals surface area contributed by atoms with E-state index in [4.69, 9.17) is 11.5 Å². The Labute approximate surface area is 197 Å². The highest BCUT2D eigenvalue weighted by Crippen LogP contribution is 2.38. The van der Waals surface area contributed by atoms with E-state index in [9.17, 15) is 43.7 Å². The van der Waals surface area contributed by atoms with Gasteiger partial charge in [-0.1, -0.05) is 0 Å². The highest BCUT2D eigenvalue weighted by atomic mass is 32.2. The van der Waals surface area contributed by atoms with Crippen molar-refractivity contribution in [1.29, 1.82) is 0 Å². The SMILES string of the molecule is NC(=O)Nc1cc(N)ccc1N=Nc1cc(S(=O)(=O)O)cc2cc(S(=O)(=O)O)cc(S(=O)(=O)O)c12. The van der Waals surface area contributed by atoms with Crippen molar-refractivity contribution in [2.75, 3.05) is 11.1 Å². The van der Waals surface area contributed by atoms with E-state index in [1.807, 2.05) is 0 Å². The van der Waals surface area contributed by atoms with Crippen LogP contribution in [0, 0.1) is 0 Å². The van der Waals surface area contributed by atoms with Crippen LogP contribution in [0.1, 0.15) is 0 Å². The van der Waals surface area contributed by atoms with Crippen LogP contribution >= 0.6 is 0 Å². The first-order chi connectivity index (χ1) is 16.0. The zero-order valence-corrected chi connectivity index (χ0v) is 19.5. The molecule has 0 aliphatic carbocycles. The van der Waals surface area contributed by atoms with Crippen molar-refractivity contribution in [2.24, 2.45) is 16.0 Å². The molecule has 0 aromatic heterocycles. The summed E-state index contributed by atoms with van der Waals surface area (Å²) in [5.41, 5.74) is 10.3. The lowest BCUT2D eigenvalue weighted by atomic mass is 10.1. The van der Waals surface area contributed by atoms with Gasteiger partial charge in [-0.2, -0.15) is 25.3 Å². The average molecular weight is 546 g/mol. The van der Waals surface area contributed by atoms with Gasteiger partial charge in [-0.3, -0.25) is 13.7 Å². The van der Waals surface area contributed by atoms with E-state index in [0.717, 1.165) is 0 Å². The predicted octanol–water partition coefficient (Wildman–Crippen LogP) is 2.07. The van der Waals surface area contributed by atoms with Crippen LogP contribution in [-0.4, -0.2) is 44.9 Å². The Bertz CT molecular complexity index is 1730. The molecule has 0 saturated heterocycles. The monoisotopic (exact) mass is 545 g/mol. The van der Waals surface area contributed by atoms with Crippen LogP contribution in [0.15, 0.2) is 67.4 Å². The van der Waals surface area contributed by atoms with Crippen LogP contribution in [0.2, 0.25) is 0 Å². The summed E-state index contributed by atoms with van der Waals surface area (Å²) in [6.45, 7) is 0. The van der Waals surface area contributed by atoms with Gasteiger partial charge in [0, 0.05) is 11.1 Å². The normalized spacial score (nSPS) is 12.8. The topological polar surface area (TPSA) is 269 Å². The highest BCUT2D eigenvalue weighted by molar-refractivity contribution is 7.87. The number of carbonyl (C=O) groups is 1. The fourth-order valence-electron chi connectivity index (χ4n) is 2.96. The average Bonchev–Trinajstić information content (AvgIpc) is 2.69. The largest absolute Gasteiger partial charge is 0.399 e. The van der Waals surface area contributed by atoms with Gasteiger partial charge in [-0.25, -0.2) is 4.79 Å². The van der Waals surface area contributed by atoms with Gasteiger partial charge >= 0.3 is 6.03 Å². The number of nitrogens with two attached hydrogens (primary N) is 2. The van der Waals surface area contributed by atoms with Gasteiger partial charge in [0.05, 0.1) is 21.2 Å². The molecule has 0 saturated carbocycles. The molecule has 0 heterocycles. The first kappa shape index (κ1) is 25.9. The minimum Gasteiger partial charge on any atom is -0.399 e. The molecule has 35 heavy (non-hydrogen) atoms. The van der Waals surface area contributed by atoms with E-state index < -0.39 is 67.5 Å². The fraction of sp³-hybridized carbons (Fsp3) is 0. The Kier molecular flexibility index (Phi) is 6.55. The molecule has 0 bridgehead atoms. The number of azo groups is 1. The molecule has 0 radical (unpaired) electrons. The number of primary amides is 1. The minimum absolute atomic E-state index is 0.0276. The number of amides is 2. The first-order valence-electron chi connectivity index (χ1n) is 8.89. The van der Waals surface area contributed by atoms with Crippen LogP contribution in [0.3, 0.4) is 0 Å². The zero-order chi connectivity index (χ0) is 26.3. The van der Waals surface area contributed by atoms with Crippen LogP contribution in [0.25, 0.3) is 10.8 Å². The number of nitrogens with one attached hydrogen (secondary N) is 1. The van der Waals surface area contributed by atoms with Crippen LogP contribution in [0.5, 0.6) is 0 Å². The summed E-state index contributed by atoms with van der Waals surface area (Å²) in [6, 6.07) is 5.40. The molecule has 3 aromatic carbocycles. The highest BCUT2D eigenvalue weighted by Gasteiger charge is 2.25. The van der Waals surface area contributed by atoms with E-state index in [1.165, 1.54) is 18.2 Å². The van der Waals surface area contributed by atoms with E-state index >= 15 is 0 Å². The van der Waals surface area contributed by atoms with E-state index in [1.54, 1.807) is 0 Å². The van der Waals surface area contributed by atoms with Crippen molar-refractivity contribution in [2.45, 2.75) is 14.7 Å². The van der Waals surface area contributed by atoms with Crippen molar-refractivity contribution in [3.63, 3.8) is 0 Å². The summed E-state index contributed by atoms with van der Waals surface area (Å²) in [5.74, 6) is 0. The molecule has 8 N–H and O–H groups in total. The summed E-state index contributed by atoms with van der Waals surface area (Å²) in [4.78, 5) is 8.33. The number of hydrogen-bond donors (Lipinski definition) is 6. The number of nitrogens with zero attached hydrogens (tertiary/aromatic N) is 2. The van der Waals surface area contributed by atoms with Gasteiger partial charge in [-0.15, -0.1) is 10.2 Å². The lowest BCUT2D eigenvalue weighted by molar-refractivity contribution is 0.259. The lowest BCUT2D eigenvalue weighted by Gasteiger charge is -2.11. The third-order valence-corrected chi connectivity index (χ3v) is 6.90. The third kappa shape index (κ3) is 5.88. The summed E-state index contributed by atoms with van der Waals surface area (Å²) in [5, 5.41) is 8.84. The van der Waals surface area contributed by atoms with Crippen LogP contribution < -0.4 is 16.8 Å². The van der Waals surface area contributed by atoms with Crippen molar-refractivity contribution in [3.8, 4) is 0 Å². The van der Waals surface area contributed by atoms with E-state index in [0.29, 0.717) is 24.3 Å². The Balaban J connectivity index is 2.42. The number of carbonyl (C=O) groups excluding carboxylic acids is 1. The molecule has 3 rings (SSSR count). The molecule has 0 fully saturated rings. The molecule has 0 aliphatic heterocycles. The fourth-order valence-corrected chi connectivity index (χ4v) is 4.87. The van der Waals surface area contributed by atoms with E-state index in [-0.39, 0.29) is 17.1 Å². The maximum absolute atomic E-state index is 12.0. The van der Waals surface area contributed by atoms with Gasteiger partial charge in [0.15, 0.2) is 0 Å². The number of urea groups is 1. The summed E-state index contributed by atoms with van der Waals surface area (Å²) in [7, 11) is -15.1. The molecule has 3 aromatic rings. The van der Waals surface area contributed by atoms with Gasteiger partial charge < -0.3 is 16.8 Å². The smallest absolute Gasteiger partial charge is 0.316 e. The molecule has 0 aliphatic rings. The van der Waals surface area contributed by atoms with Crippen molar-refractivity contribution >= 4 is 69.9 Å². The summed E-state index contributed by atoms with van der Waals surface area (Å²) in [6.07, 6.45) is 0.